The standard InChI is InChI=1S/C20H23N5O3/c1-12(2)22-20(28)25-9-7-14-15(5-4-6-17(14)25)18(26)23-16-11-13(3)24(10-8-21)19(16)27/h4-7,9,12-13,16H,10-11H2,1-3H3,(H,22,28)(H,23,26). The first-order chi connectivity index (χ1) is 13.3. The van der Waals surface area contributed by atoms with Crippen molar-refractivity contribution in [2.24, 2.45) is 0 Å². The smallest absolute Gasteiger partial charge is 0.326 e. The van der Waals surface area contributed by atoms with Gasteiger partial charge >= 0.3 is 6.03 Å². The number of carbonyl (C=O) groups is 3. The largest absolute Gasteiger partial charge is 0.340 e. The molecule has 0 aliphatic carbocycles. The SMILES string of the molecule is CC(C)NC(=O)n1ccc2c(C(=O)NC3CC(C)N(CC#N)C3=O)cccc21. The molecule has 2 N–H and O–H groups in total. The van der Waals surface area contributed by atoms with Crippen LogP contribution < -0.4 is 10.6 Å². The Morgan fingerprint density at radius 1 is 1.32 bits per heavy atom. The van der Waals surface area contributed by atoms with Gasteiger partial charge in [-0.15, -0.1) is 0 Å². The molecule has 1 aliphatic heterocycles. The Hall–Kier alpha value is -3.34. The highest BCUT2D eigenvalue weighted by Crippen LogP contribution is 2.22. The van der Waals surface area contributed by atoms with Crippen molar-refractivity contribution in [3.8, 4) is 6.07 Å². The van der Waals surface area contributed by atoms with Crippen molar-refractivity contribution in [3.63, 3.8) is 0 Å². The highest BCUT2D eigenvalue weighted by molar-refractivity contribution is 6.09. The molecule has 2 heterocycles. The van der Waals surface area contributed by atoms with Gasteiger partial charge in [0.1, 0.15) is 12.6 Å². The van der Waals surface area contributed by atoms with E-state index < -0.39 is 6.04 Å². The van der Waals surface area contributed by atoms with E-state index in [4.69, 9.17) is 5.26 Å². The Labute approximate surface area is 163 Å². The van der Waals surface area contributed by atoms with E-state index in [9.17, 15) is 14.4 Å². The second-order valence-corrected chi connectivity index (χ2v) is 7.26. The number of hydrogen-bond acceptors (Lipinski definition) is 4. The molecule has 1 fully saturated rings. The molecule has 1 aromatic carbocycles. The van der Waals surface area contributed by atoms with Gasteiger partial charge in [0.05, 0.1) is 11.6 Å². The molecule has 3 amide bonds. The molecule has 1 saturated heterocycles. The van der Waals surface area contributed by atoms with Crippen LogP contribution in [0.5, 0.6) is 0 Å². The molecule has 0 radical (unpaired) electrons. The molecule has 28 heavy (non-hydrogen) atoms. The summed E-state index contributed by atoms with van der Waals surface area (Å²) in [5.74, 6) is -0.625. The van der Waals surface area contributed by atoms with Crippen molar-refractivity contribution >= 4 is 28.7 Å². The molecule has 2 aromatic rings. The predicted molar refractivity (Wildman–Crippen MR) is 104 cm³/mol. The van der Waals surface area contributed by atoms with Crippen molar-refractivity contribution in [1.82, 2.24) is 20.1 Å². The number of nitrogens with one attached hydrogen (secondary N) is 2. The van der Waals surface area contributed by atoms with Gasteiger partial charge in [-0.1, -0.05) is 6.07 Å². The van der Waals surface area contributed by atoms with Crippen LogP contribution in [0.1, 0.15) is 37.6 Å². The number of nitrogens with zero attached hydrogens (tertiary/aromatic N) is 3. The summed E-state index contributed by atoms with van der Waals surface area (Å²) in [5, 5.41) is 15.1. The zero-order valence-corrected chi connectivity index (χ0v) is 16.1. The zero-order valence-electron chi connectivity index (χ0n) is 16.1. The van der Waals surface area contributed by atoms with Crippen LogP contribution in [0.15, 0.2) is 30.5 Å². The van der Waals surface area contributed by atoms with E-state index in [0.717, 1.165) is 0 Å². The van der Waals surface area contributed by atoms with Gasteiger partial charge in [0.2, 0.25) is 5.91 Å². The summed E-state index contributed by atoms with van der Waals surface area (Å²) >= 11 is 0. The van der Waals surface area contributed by atoms with Crippen molar-refractivity contribution in [1.29, 1.82) is 5.26 Å². The van der Waals surface area contributed by atoms with Crippen LogP contribution in [0.3, 0.4) is 0 Å². The summed E-state index contributed by atoms with van der Waals surface area (Å²) in [6, 6.07) is 7.79. The topological polar surface area (TPSA) is 107 Å². The van der Waals surface area contributed by atoms with Crippen molar-refractivity contribution < 1.29 is 14.4 Å². The van der Waals surface area contributed by atoms with Crippen LogP contribution in [-0.4, -0.2) is 52.0 Å². The maximum absolute atomic E-state index is 12.8. The average molecular weight is 381 g/mol. The van der Waals surface area contributed by atoms with Gasteiger partial charge in [0.15, 0.2) is 0 Å². The zero-order chi connectivity index (χ0) is 20.4. The van der Waals surface area contributed by atoms with Gasteiger partial charge in [0.25, 0.3) is 5.91 Å². The third-order valence-electron chi connectivity index (χ3n) is 4.84. The second-order valence-electron chi connectivity index (χ2n) is 7.26. The lowest BCUT2D eigenvalue weighted by molar-refractivity contribution is -0.129. The normalized spacial score (nSPS) is 19.1. The fraction of sp³-hybridized carbons (Fsp3) is 0.400. The monoisotopic (exact) mass is 381 g/mol. The van der Waals surface area contributed by atoms with Crippen LogP contribution >= 0.6 is 0 Å². The van der Waals surface area contributed by atoms with E-state index in [1.807, 2.05) is 26.8 Å². The van der Waals surface area contributed by atoms with Gasteiger partial charge in [-0.05, 0) is 45.4 Å². The van der Waals surface area contributed by atoms with Crippen molar-refractivity contribution in [2.45, 2.75) is 45.3 Å². The number of aromatic nitrogens is 1. The van der Waals surface area contributed by atoms with Gasteiger partial charge in [0, 0.05) is 29.2 Å². The molecule has 2 atom stereocenters. The maximum atomic E-state index is 12.8. The van der Waals surface area contributed by atoms with Crippen LogP contribution in [0.2, 0.25) is 0 Å². The van der Waals surface area contributed by atoms with Gasteiger partial charge in [-0.3, -0.25) is 14.2 Å². The molecular weight excluding hydrogens is 358 g/mol. The summed E-state index contributed by atoms with van der Waals surface area (Å²) in [6.45, 7) is 5.61. The minimum atomic E-state index is -0.655. The number of likely N-dealkylation sites (tertiary alicyclic amines) is 1. The summed E-state index contributed by atoms with van der Waals surface area (Å²) in [4.78, 5) is 39.1. The summed E-state index contributed by atoms with van der Waals surface area (Å²) < 4.78 is 1.46. The number of benzene rings is 1. The lowest BCUT2D eigenvalue weighted by Gasteiger charge is -2.17. The number of nitriles is 1. The van der Waals surface area contributed by atoms with E-state index in [-0.39, 0.29) is 36.5 Å². The predicted octanol–water partition coefficient (Wildman–Crippen LogP) is 1.85. The number of rotatable bonds is 4. The summed E-state index contributed by atoms with van der Waals surface area (Å²) in [7, 11) is 0. The minimum absolute atomic E-state index is 0.00969. The Kier molecular flexibility index (Phi) is 5.36. The molecule has 8 heteroatoms. The molecule has 1 aliphatic rings. The third-order valence-corrected chi connectivity index (χ3v) is 4.84. The van der Waals surface area contributed by atoms with E-state index >= 15 is 0 Å². The Morgan fingerprint density at radius 3 is 2.75 bits per heavy atom. The molecule has 146 valence electrons. The first-order valence-corrected chi connectivity index (χ1v) is 9.22. The fourth-order valence-electron chi connectivity index (χ4n) is 3.51. The first-order valence-electron chi connectivity index (χ1n) is 9.22. The molecule has 8 nitrogen and oxygen atoms in total. The number of amides is 3. The molecule has 0 bridgehead atoms. The molecule has 2 unspecified atom stereocenters. The lowest BCUT2D eigenvalue weighted by Crippen LogP contribution is -2.42. The molecule has 0 saturated carbocycles. The molecule has 3 rings (SSSR count). The van der Waals surface area contributed by atoms with Gasteiger partial charge in [-0.25, -0.2) is 4.79 Å². The number of carbonyl (C=O) groups excluding carboxylic acids is 3. The van der Waals surface area contributed by atoms with E-state index in [2.05, 4.69) is 10.6 Å². The van der Waals surface area contributed by atoms with E-state index in [0.29, 0.717) is 22.9 Å². The molecular formula is C20H23N5O3. The highest BCUT2D eigenvalue weighted by atomic mass is 16.2. The Balaban J connectivity index is 1.83. The average Bonchev–Trinajstić information content (AvgIpc) is 3.18. The number of hydrogen-bond donors (Lipinski definition) is 2. The van der Waals surface area contributed by atoms with E-state index in [1.165, 1.54) is 9.47 Å². The maximum Gasteiger partial charge on any atom is 0.326 e. The summed E-state index contributed by atoms with van der Waals surface area (Å²) in [5.41, 5.74) is 1.01. The first kappa shape index (κ1) is 19.4. The van der Waals surface area contributed by atoms with E-state index in [1.54, 1.807) is 30.5 Å². The number of fused-ring (bicyclic) bond motifs is 1. The fourth-order valence-corrected chi connectivity index (χ4v) is 3.51. The summed E-state index contributed by atoms with van der Waals surface area (Å²) in [6.07, 6.45) is 2.08. The Bertz CT molecular complexity index is 972. The van der Waals surface area contributed by atoms with Crippen LogP contribution in [0, 0.1) is 11.3 Å². The molecule has 1 aromatic heterocycles. The quantitative estimate of drug-likeness (QED) is 0.788. The minimum Gasteiger partial charge on any atom is -0.340 e. The van der Waals surface area contributed by atoms with Gasteiger partial charge < -0.3 is 15.5 Å². The highest BCUT2D eigenvalue weighted by Gasteiger charge is 2.38. The lowest BCUT2D eigenvalue weighted by atomic mass is 10.1. The van der Waals surface area contributed by atoms with Crippen LogP contribution in [0.4, 0.5) is 4.79 Å². The molecule has 0 spiro atoms. The van der Waals surface area contributed by atoms with Crippen molar-refractivity contribution in [3.05, 3.63) is 36.0 Å². The van der Waals surface area contributed by atoms with Crippen LogP contribution in [0.25, 0.3) is 10.9 Å². The second kappa shape index (κ2) is 7.72. The van der Waals surface area contributed by atoms with Crippen LogP contribution in [-0.2, 0) is 4.79 Å². The third kappa shape index (κ3) is 3.56. The Morgan fingerprint density at radius 2 is 2.07 bits per heavy atom. The van der Waals surface area contributed by atoms with Gasteiger partial charge in [-0.2, -0.15) is 5.26 Å². The van der Waals surface area contributed by atoms with Crippen molar-refractivity contribution in [2.75, 3.05) is 6.54 Å².